The summed E-state index contributed by atoms with van der Waals surface area (Å²) in [5, 5.41) is 10.0. The van der Waals surface area contributed by atoms with E-state index in [-0.39, 0.29) is 22.6 Å². The average Bonchev–Trinajstić information content (AvgIpc) is 3.21. The highest BCUT2D eigenvalue weighted by atomic mass is 32.2. The van der Waals surface area contributed by atoms with Gasteiger partial charge in [-0.25, -0.2) is 21.6 Å². The minimum Gasteiger partial charge on any atom is -0.345 e. The molecule has 1 atom stereocenters. The third-order valence-electron chi connectivity index (χ3n) is 5.54. The van der Waals surface area contributed by atoms with Crippen molar-refractivity contribution in [2.75, 3.05) is 11.5 Å². The maximum absolute atomic E-state index is 14.5. The zero-order valence-corrected chi connectivity index (χ0v) is 17.8. The normalized spacial score (nSPS) is 16.7. The molecular weight excluding hydrogens is 443 g/mol. The van der Waals surface area contributed by atoms with Crippen molar-refractivity contribution in [1.82, 2.24) is 15.5 Å². The molecular formula is C22H20F3N3O3S. The first kappa shape index (κ1) is 22.1. The summed E-state index contributed by atoms with van der Waals surface area (Å²) < 4.78 is 64.0. The van der Waals surface area contributed by atoms with Crippen molar-refractivity contribution in [3.05, 3.63) is 70.7 Å². The molecule has 1 aliphatic rings. The van der Waals surface area contributed by atoms with Crippen LogP contribution < -0.4 is 5.32 Å². The van der Waals surface area contributed by atoms with Crippen LogP contribution in [-0.4, -0.2) is 36.0 Å². The molecule has 0 saturated heterocycles. The second-order valence-corrected chi connectivity index (χ2v) is 9.93. The number of nitrogens with zero attached hydrogens (tertiary/aromatic N) is 1. The zero-order chi connectivity index (χ0) is 23.0. The topological polar surface area (TPSA) is 91.9 Å². The summed E-state index contributed by atoms with van der Waals surface area (Å²) in [6.45, 7) is 1.51. The molecule has 0 saturated carbocycles. The van der Waals surface area contributed by atoms with Crippen molar-refractivity contribution >= 4 is 32.2 Å². The van der Waals surface area contributed by atoms with E-state index < -0.39 is 39.6 Å². The number of carbonyl (C=O) groups excluding carboxylic acids is 1. The van der Waals surface area contributed by atoms with Crippen molar-refractivity contribution in [2.45, 2.75) is 25.8 Å². The van der Waals surface area contributed by atoms with Crippen LogP contribution in [-0.2, 0) is 9.84 Å². The molecule has 10 heteroatoms. The lowest BCUT2D eigenvalue weighted by Crippen LogP contribution is -2.28. The Kier molecular flexibility index (Phi) is 5.81. The van der Waals surface area contributed by atoms with Crippen molar-refractivity contribution in [3.63, 3.8) is 0 Å². The minimum atomic E-state index is -3.11. The van der Waals surface area contributed by atoms with Gasteiger partial charge in [0.25, 0.3) is 12.3 Å². The highest BCUT2D eigenvalue weighted by Gasteiger charge is 2.23. The van der Waals surface area contributed by atoms with Gasteiger partial charge >= 0.3 is 0 Å². The lowest BCUT2D eigenvalue weighted by atomic mass is 9.97. The summed E-state index contributed by atoms with van der Waals surface area (Å²) in [6, 6.07) is 6.24. The Morgan fingerprint density at radius 2 is 1.97 bits per heavy atom. The maximum Gasteiger partial charge on any atom is 0.266 e. The number of aromatic amines is 1. The number of amides is 1. The minimum absolute atomic E-state index is 0.0283. The molecule has 2 heterocycles. The molecule has 0 fully saturated rings. The molecule has 3 aromatic rings. The summed E-state index contributed by atoms with van der Waals surface area (Å²) in [5.41, 5.74) is 1.43. The Morgan fingerprint density at radius 1 is 1.22 bits per heavy atom. The third-order valence-corrected chi connectivity index (χ3v) is 7.04. The number of carbonyl (C=O) groups is 1. The van der Waals surface area contributed by atoms with Gasteiger partial charge in [-0.2, -0.15) is 5.10 Å². The lowest BCUT2D eigenvalue weighted by Gasteiger charge is -2.18. The second kappa shape index (κ2) is 8.42. The average molecular weight is 463 g/mol. The van der Waals surface area contributed by atoms with Gasteiger partial charge in [0.15, 0.2) is 9.84 Å². The predicted molar refractivity (Wildman–Crippen MR) is 115 cm³/mol. The summed E-state index contributed by atoms with van der Waals surface area (Å²) in [7, 11) is -3.11. The molecule has 4 rings (SSSR count). The van der Waals surface area contributed by atoms with Crippen LogP contribution in [0.4, 0.5) is 13.2 Å². The quantitative estimate of drug-likeness (QED) is 0.589. The number of hydrogen-bond donors (Lipinski definition) is 2. The van der Waals surface area contributed by atoms with Crippen LogP contribution in [0.5, 0.6) is 0 Å². The number of H-pyrrole nitrogens is 1. The number of alkyl halides is 2. The lowest BCUT2D eigenvalue weighted by molar-refractivity contribution is 0.0940. The molecule has 2 aromatic carbocycles. The first-order valence-electron chi connectivity index (χ1n) is 9.90. The molecule has 0 aliphatic carbocycles. The van der Waals surface area contributed by atoms with Crippen LogP contribution in [0.15, 0.2) is 42.6 Å². The Labute approximate surface area is 182 Å². The van der Waals surface area contributed by atoms with Crippen LogP contribution >= 0.6 is 0 Å². The Bertz CT molecular complexity index is 1330. The van der Waals surface area contributed by atoms with E-state index in [1.807, 2.05) is 6.07 Å². The van der Waals surface area contributed by atoms with Gasteiger partial charge in [0.2, 0.25) is 0 Å². The fourth-order valence-corrected chi connectivity index (χ4v) is 4.94. The number of fused-ring (bicyclic) bond motifs is 1. The molecule has 0 radical (unpaired) electrons. The SMILES string of the molecule is C[C@@H](NC(=O)c1cc(C2=CCS(=O)(=O)CC2)cc2cn[nH]c12)c1cccc(C(F)F)c1F. The fraction of sp³-hybridized carbons (Fsp3) is 0.273. The van der Waals surface area contributed by atoms with Gasteiger partial charge in [-0.15, -0.1) is 0 Å². The largest absolute Gasteiger partial charge is 0.345 e. The van der Waals surface area contributed by atoms with Crippen LogP contribution in [0.2, 0.25) is 0 Å². The van der Waals surface area contributed by atoms with Gasteiger partial charge in [-0.3, -0.25) is 9.89 Å². The highest BCUT2D eigenvalue weighted by molar-refractivity contribution is 7.91. The summed E-state index contributed by atoms with van der Waals surface area (Å²) in [5.74, 6) is -1.63. The third kappa shape index (κ3) is 4.27. The number of aromatic nitrogens is 2. The maximum atomic E-state index is 14.5. The van der Waals surface area contributed by atoms with Crippen molar-refractivity contribution in [1.29, 1.82) is 0 Å². The number of rotatable bonds is 5. The van der Waals surface area contributed by atoms with Gasteiger partial charge in [0, 0.05) is 10.9 Å². The molecule has 1 aromatic heterocycles. The Hall–Kier alpha value is -3.14. The van der Waals surface area contributed by atoms with Gasteiger partial charge in [-0.1, -0.05) is 24.3 Å². The van der Waals surface area contributed by atoms with E-state index in [2.05, 4.69) is 15.5 Å². The summed E-state index contributed by atoms with van der Waals surface area (Å²) in [4.78, 5) is 13.1. The van der Waals surface area contributed by atoms with Crippen molar-refractivity contribution in [2.24, 2.45) is 0 Å². The molecule has 32 heavy (non-hydrogen) atoms. The second-order valence-electron chi connectivity index (χ2n) is 7.70. The number of allylic oxidation sites excluding steroid dienone is 1. The molecule has 1 aliphatic heterocycles. The molecule has 0 bridgehead atoms. The van der Waals surface area contributed by atoms with Crippen molar-refractivity contribution < 1.29 is 26.4 Å². The van der Waals surface area contributed by atoms with Gasteiger partial charge < -0.3 is 5.32 Å². The first-order valence-corrected chi connectivity index (χ1v) is 11.7. The van der Waals surface area contributed by atoms with Gasteiger partial charge in [0.05, 0.1) is 40.4 Å². The van der Waals surface area contributed by atoms with Gasteiger partial charge in [0.1, 0.15) is 5.82 Å². The van der Waals surface area contributed by atoms with Crippen LogP contribution in [0.1, 0.15) is 52.9 Å². The smallest absolute Gasteiger partial charge is 0.266 e. The van der Waals surface area contributed by atoms with E-state index >= 15 is 0 Å². The van der Waals surface area contributed by atoms with Gasteiger partial charge in [-0.05, 0) is 36.6 Å². The standard InChI is InChI=1S/C22H20F3N3O3S/c1-12(16-3-2-4-17(19(16)23)21(24)25)27-22(29)18-10-14(9-15-11-26-28-20(15)18)13-5-7-32(30,31)8-6-13/h2-5,9-12,21H,6-8H2,1H3,(H,26,28)(H,27,29)/t12-/m1/s1. The number of nitrogens with one attached hydrogen (secondary N) is 2. The Balaban J connectivity index is 1.66. The van der Waals surface area contributed by atoms with E-state index in [1.165, 1.54) is 19.1 Å². The number of hydrogen-bond acceptors (Lipinski definition) is 4. The number of benzene rings is 2. The Morgan fingerprint density at radius 3 is 2.66 bits per heavy atom. The van der Waals surface area contributed by atoms with E-state index in [0.717, 1.165) is 11.6 Å². The predicted octanol–water partition coefficient (Wildman–Crippen LogP) is 4.33. The summed E-state index contributed by atoms with van der Waals surface area (Å²) in [6.07, 6.45) is 0.543. The number of sulfone groups is 1. The molecule has 168 valence electrons. The van der Waals surface area contributed by atoms with Crippen molar-refractivity contribution in [3.8, 4) is 0 Å². The zero-order valence-electron chi connectivity index (χ0n) is 17.0. The fourth-order valence-electron chi connectivity index (χ4n) is 3.79. The van der Waals surface area contributed by atoms with E-state index in [4.69, 9.17) is 0 Å². The van der Waals surface area contributed by atoms with Crippen LogP contribution in [0, 0.1) is 5.82 Å². The van der Waals surface area contributed by atoms with E-state index in [0.29, 0.717) is 22.9 Å². The van der Waals surface area contributed by atoms with Crippen LogP contribution in [0.25, 0.3) is 16.5 Å². The molecule has 1 amide bonds. The first-order chi connectivity index (χ1) is 15.2. The monoisotopic (exact) mass is 463 g/mol. The van der Waals surface area contributed by atoms with Crippen LogP contribution in [0.3, 0.4) is 0 Å². The van der Waals surface area contributed by atoms with E-state index in [9.17, 15) is 26.4 Å². The summed E-state index contributed by atoms with van der Waals surface area (Å²) >= 11 is 0. The molecule has 0 unspecified atom stereocenters. The van der Waals surface area contributed by atoms with E-state index in [1.54, 1.807) is 18.3 Å². The molecule has 6 nitrogen and oxygen atoms in total. The molecule has 2 N–H and O–H groups in total. The molecule has 0 spiro atoms. The number of halogens is 3. The highest BCUT2D eigenvalue weighted by Crippen LogP contribution is 2.30.